The monoisotopic (exact) mass is 189 g/mol. The number of nitrogens with one attached hydrogen (secondary N) is 1. The van der Waals surface area contributed by atoms with Crippen LogP contribution >= 0.6 is 0 Å². The zero-order valence-electron chi connectivity index (χ0n) is 6.39. The van der Waals surface area contributed by atoms with Gasteiger partial charge in [0.2, 0.25) is 0 Å². The molecule has 0 aliphatic rings. The highest BCUT2D eigenvalue weighted by atomic mass is 32.2. The van der Waals surface area contributed by atoms with E-state index in [1.165, 1.54) is 0 Å². The minimum absolute atomic E-state index is 0.350. The quantitative estimate of drug-likeness (QED) is 0.221. The lowest BCUT2D eigenvalue weighted by Crippen LogP contribution is -2.14. The molecule has 6 nitrogen and oxygen atoms in total. The molecule has 0 spiro atoms. The molecule has 12 heavy (non-hydrogen) atoms. The molecule has 1 unspecified atom stereocenters. The molecule has 0 aliphatic heterocycles. The third kappa shape index (κ3) is 7.07. The van der Waals surface area contributed by atoms with Crippen molar-refractivity contribution in [2.24, 2.45) is 5.11 Å². The number of hydrogen-bond acceptors (Lipinski definition) is 3. The number of allylic oxidation sites excluding steroid dienone is 1. The second-order valence-corrected chi connectivity index (χ2v) is 2.67. The molecule has 0 rings (SSSR count). The van der Waals surface area contributed by atoms with Crippen molar-refractivity contribution in [3.8, 4) is 0 Å². The first-order chi connectivity index (χ1) is 5.66. The van der Waals surface area contributed by atoms with Gasteiger partial charge in [0.1, 0.15) is 0 Å². The summed E-state index contributed by atoms with van der Waals surface area (Å²) in [5, 5.41) is 3.28. The van der Waals surface area contributed by atoms with Crippen molar-refractivity contribution in [1.29, 1.82) is 0 Å². The van der Waals surface area contributed by atoms with E-state index in [2.05, 4.69) is 21.3 Å². The van der Waals surface area contributed by atoms with Crippen LogP contribution in [0.2, 0.25) is 0 Å². The predicted molar refractivity (Wildman–Crippen MR) is 44.4 cm³/mol. The highest BCUT2D eigenvalue weighted by molar-refractivity contribution is 7.77. The largest absolute Gasteiger partial charge is 0.755 e. The Bertz CT molecular complexity index is 223. The summed E-state index contributed by atoms with van der Waals surface area (Å²) in [6.45, 7) is 3.80. The minimum Gasteiger partial charge on any atom is -0.755 e. The van der Waals surface area contributed by atoms with Gasteiger partial charge in [-0.05, 0) is 18.4 Å². The molecule has 68 valence electrons. The molecular weight excluding hydrogens is 180 g/mol. The number of azide groups is 1. The van der Waals surface area contributed by atoms with Gasteiger partial charge in [-0.15, -0.1) is 0 Å². The fraction of sp³-hybridized carbons (Fsp3) is 0.600. The Labute approximate surface area is 72.7 Å². The molecule has 0 aromatic rings. The Morgan fingerprint density at radius 2 is 2.50 bits per heavy atom. The summed E-state index contributed by atoms with van der Waals surface area (Å²) in [4.78, 5) is 2.55. The standard InChI is InChI=1S/C5H10N4O2S/c1-5(8-12(10)11)3-2-4-7-9-6/h8H,1-4H2,(H,10,11)/p-1. The summed E-state index contributed by atoms with van der Waals surface area (Å²) in [5.74, 6) is 0. The highest BCUT2D eigenvalue weighted by Gasteiger charge is 1.91. The summed E-state index contributed by atoms with van der Waals surface area (Å²) < 4.78 is 22.2. The Hall–Kier alpha value is -1.04. The predicted octanol–water partition coefficient (Wildman–Crippen LogP) is 0.974. The van der Waals surface area contributed by atoms with E-state index in [-0.39, 0.29) is 0 Å². The van der Waals surface area contributed by atoms with Gasteiger partial charge in [0.05, 0.1) is 0 Å². The van der Waals surface area contributed by atoms with Crippen molar-refractivity contribution in [3.63, 3.8) is 0 Å². The highest BCUT2D eigenvalue weighted by Crippen LogP contribution is 1.98. The van der Waals surface area contributed by atoms with Crippen LogP contribution in [0.15, 0.2) is 17.4 Å². The van der Waals surface area contributed by atoms with E-state index in [1.807, 2.05) is 0 Å². The van der Waals surface area contributed by atoms with Crippen LogP contribution < -0.4 is 4.72 Å². The van der Waals surface area contributed by atoms with E-state index >= 15 is 0 Å². The van der Waals surface area contributed by atoms with E-state index < -0.39 is 11.3 Å². The molecule has 0 heterocycles. The Kier molecular flexibility index (Phi) is 6.08. The summed E-state index contributed by atoms with van der Waals surface area (Å²) in [7, 11) is 0. The second kappa shape index (κ2) is 6.66. The van der Waals surface area contributed by atoms with Crippen LogP contribution in [0.4, 0.5) is 0 Å². The number of rotatable bonds is 6. The average Bonchev–Trinajstić information content (AvgIpc) is 1.97. The first-order valence-electron chi connectivity index (χ1n) is 3.21. The van der Waals surface area contributed by atoms with Gasteiger partial charge in [-0.3, -0.25) is 4.21 Å². The Balaban J connectivity index is 3.44. The first kappa shape index (κ1) is 11.0. The van der Waals surface area contributed by atoms with Crippen molar-refractivity contribution in [3.05, 3.63) is 22.7 Å². The molecule has 7 heteroatoms. The summed E-state index contributed by atoms with van der Waals surface area (Å²) in [6, 6.07) is 0. The Morgan fingerprint density at radius 1 is 1.83 bits per heavy atom. The molecule has 1 N–H and O–H groups in total. The number of hydrogen-bond donors (Lipinski definition) is 1. The van der Waals surface area contributed by atoms with Gasteiger partial charge in [0, 0.05) is 28.4 Å². The molecule has 0 radical (unpaired) electrons. The second-order valence-electron chi connectivity index (χ2n) is 2.00. The average molecular weight is 189 g/mol. The third-order valence-electron chi connectivity index (χ3n) is 1.03. The molecule has 0 amide bonds. The van der Waals surface area contributed by atoms with Gasteiger partial charge < -0.3 is 9.27 Å². The maximum atomic E-state index is 10.0. The Morgan fingerprint density at radius 3 is 3.00 bits per heavy atom. The van der Waals surface area contributed by atoms with Gasteiger partial charge in [0.25, 0.3) is 0 Å². The van der Waals surface area contributed by atoms with Crippen molar-refractivity contribution < 1.29 is 8.76 Å². The third-order valence-corrected chi connectivity index (χ3v) is 1.48. The summed E-state index contributed by atoms with van der Waals surface area (Å²) in [6.07, 6.45) is 1.07. The first-order valence-corrected chi connectivity index (χ1v) is 4.29. The maximum absolute atomic E-state index is 10.0. The molecule has 0 aromatic carbocycles. The van der Waals surface area contributed by atoms with Crippen LogP contribution in [0, 0.1) is 0 Å². The van der Waals surface area contributed by atoms with Gasteiger partial charge >= 0.3 is 0 Å². The van der Waals surface area contributed by atoms with E-state index in [9.17, 15) is 8.76 Å². The van der Waals surface area contributed by atoms with Crippen molar-refractivity contribution in [2.45, 2.75) is 12.8 Å². The lowest BCUT2D eigenvalue weighted by Gasteiger charge is -2.09. The topological polar surface area (TPSA) is 101 Å². The van der Waals surface area contributed by atoms with Crippen LogP contribution in [0.25, 0.3) is 10.4 Å². The smallest absolute Gasteiger partial charge is 0.0445 e. The van der Waals surface area contributed by atoms with Crippen LogP contribution in [-0.4, -0.2) is 15.3 Å². The summed E-state index contributed by atoms with van der Waals surface area (Å²) >= 11 is -2.31. The molecular formula is C5H9N4O2S-. The van der Waals surface area contributed by atoms with Crippen molar-refractivity contribution >= 4 is 11.3 Å². The fourth-order valence-electron chi connectivity index (χ4n) is 0.577. The van der Waals surface area contributed by atoms with Gasteiger partial charge in [-0.1, -0.05) is 11.7 Å². The molecule has 0 bridgehead atoms. The maximum Gasteiger partial charge on any atom is 0.0445 e. The lowest BCUT2D eigenvalue weighted by molar-refractivity contribution is 0.527. The van der Waals surface area contributed by atoms with Gasteiger partial charge in [-0.25, -0.2) is 0 Å². The molecule has 0 saturated carbocycles. The molecule has 0 aromatic heterocycles. The fourth-order valence-corrected chi connectivity index (χ4v) is 0.915. The van der Waals surface area contributed by atoms with Gasteiger partial charge in [0.15, 0.2) is 0 Å². The summed E-state index contributed by atoms with van der Waals surface area (Å²) in [5.41, 5.74) is 8.30. The zero-order chi connectivity index (χ0) is 9.40. The van der Waals surface area contributed by atoms with E-state index in [4.69, 9.17) is 5.53 Å². The minimum atomic E-state index is -2.31. The normalized spacial score (nSPS) is 11.4. The molecule has 1 atom stereocenters. The van der Waals surface area contributed by atoms with Crippen LogP contribution in [0.1, 0.15) is 12.8 Å². The zero-order valence-corrected chi connectivity index (χ0v) is 7.21. The van der Waals surface area contributed by atoms with Crippen molar-refractivity contribution in [1.82, 2.24) is 4.72 Å². The molecule has 0 fully saturated rings. The molecule has 0 aliphatic carbocycles. The van der Waals surface area contributed by atoms with Gasteiger partial charge in [-0.2, -0.15) is 0 Å². The number of nitrogens with zero attached hydrogens (tertiary/aromatic N) is 3. The van der Waals surface area contributed by atoms with Crippen LogP contribution in [0.5, 0.6) is 0 Å². The van der Waals surface area contributed by atoms with Crippen molar-refractivity contribution in [2.75, 3.05) is 6.54 Å². The van der Waals surface area contributed by atoms with E-state index in [1.54, 1.807) is 0 Å². The van der Waals surface area contributed by atoms with E-state index in [0.29, 0.717) is 25.1 Å². The SMILES string of the molecule is C=C(CCCN=[N+]=[N-])NS(=O)[O-]. The van der Waals surface area contributed by atoms with Crippen LogP contribution in [0.3, 0.4) is 0 Å². The van der Waals surface area contributed by atoms with Crippen LogP contribution in [-0.2, 0) is 11.3 Å². The lowest BCUT2D eigenvalue weighted by atomic mass is 10.3. The molecule has 0 saturated heterocycles. The van der Waals surface area contributed by atoms with E-state index in [0.717, 1.165) is 0 Å².